The molecule has 0 aromatic carbocycles. The minimum absolute atomic E-state index is 0. The molecule has 6 nitrogen and oxygen atoms in total. The van der Waals surface area contributed by atoms with Gasteiger partial charge in [-0.15, -0.1) is 24.8 Å². The van der Waals surface area contributed by atoms with Gasteiger partial charge in [-0.1, -0.05) is 23.2 Å². The minimum atomic E-state index is -0.224. The Kier molecular flexibility index (Phi) is 10.9. The Morgan fingerprint density at radius 3 is 2.46 bits per heavy atom. The molecule has 1 atom stereocenters. The molecular formula is C14H22Cl4N4O2. The summed E-state index contributed by atoms with van der Waals surface area (Å²) >= 11 is 12.0. The second-order valence-corrected chi connectivity index (χ2v) is 5.97. The Morgan fingerprint density at radius 1 is 1.33 bits per heavy atom. The highest BCUT2D eigenvalue weighted by Gasteiger charge is 2.24. The zero-order chi connectivity index (χ0) is 16.1. The van der Waals surface area contributed by atoms with Crippen LogP contribution in [0.2, 0.25) is 10.0 Å². The van der Waals surface area contributed by atoms with Gasteiger partial charge >= 0.3 is 0 Å². The molecule has 0 radical (unpaired) electrons. The first-order valence-corrected chi connectivity index (χ1v) is 7.87. The van der Waals surface area contributed by atoms with Gasteiger partial charge in [-0.25, -0.2) is 4.98 Å². The smallest absolute Gasteiger partial charge is 0.225 e. The molecule has 1 aliphatic heterocycles. The van der Waals surface area contributed by atoms with Crippen LogP contribution in [0.1, 0.15) is 6.42 Å². The first-order valence-electron chi connectivity index (χ1n) is 7.11. The molecule has 2 heterocycles. The third kappa shape index (κ3) is 6.10. The molecule has 0 aliphatic carbocycles. The van der Waals surface area contributed by atoms with Gasteiger partial charge in [0.05, 0.1) is 22.6 Å². The maximum absolute atomic E-state index is 12.2. The van der Waals surface area contributed by atoms with E-state index in [1.807, 2.05) is 4.90 Å². The van der Waals surface area contributed by atoms with Crippen molar-refractivity contribution in [2.75, 3.05) is 44.7 Å². The van der Waals surface area contributed by atoms with Gasteiger partial charge in [0.2, 0.25) is 5.91 Å². The van der Waals surface area contributed by atoms with Crippen molar-refractivity contribution in [2.24, 2.45) is 5.73 Å². The number of halogens is 4. The summed E-state index contributed by atoms with van der Waals surface area (Å²) in [5.74, 6) is 0.766. The second-order valence-electron chi connectivity index (χ2n) is 5.12. The van der Waals surface area contributed by atoms with E-state index < -0.39 is 0 Å². The van der Waals surface area contributed by atoms with E-state index in [2.05, 4.69) is 9.88 Å². The van der Waals surface area contributed by atoms with Crippen LogP contribution in [-0.4, -0.2) is 61.7 Å². The van der Waals surface area contributed by atoms with Gasteiger partial charge in [-0.3, -0.25) is 4.79 Å². The van der Waals surface area contributed by atoms with Crippen LogP contribution in [-0.2, 0) is 9.53 Å². The number of ether oxygens (including phenoxy) is 1. The molecule has 1 saturated heterocycles. The summed E-state index contributed by atoms with van der Waals surface area (Å²) in [7, 11) is 1.57. The maximum atomic E-state index is 12.2. The van der Waals surface area contributed by atoms with Gasteiger partial charge < -0.3 is 20.3 Å². The number of piperazine rings is 1. The van der Waals surface area contributed by atoms with Crippen molar-refractivity contribution in [3.63, 3.8) is 0 Å². The summed E-state index contributed by atoms with van der Waals surface area (Å²) in [6.45, 7) is 2.95. The summed E-state index contributed by atoms with van der Waals surface area (Å²) in [5, 5.41) is 1.03. The Morgan fingerprint density at radius 2 is 1.96 bits per heavy atom. The standard InChI is InChI=1S/C14H20Cl2N4O2.2ClH/c1-22-11(8-17)7-13(21)19-2-4-20(5-3-19)14-12(16)6-10(15)9-18-14;;/h6,9,11H,2-5,7-8,17H2,1H3;2*1H. The van der Waals surface area contributed by atoms with Crippen LogP contribution in [0, 0.1) is 0 Å². The number of rotatable bonds is 5. The molecule has 24 heavy (non-hydrogen) atoms. The van der Waals surface area contributed by atoms with Gasteiger partial charge in [0.25, 0.3) is 0 Å². The van der Waals surface area contributed by atoms with Crippen molar-refractivity contribution in [1.29, 1.82) is 0 Å². The lowest BCUT2D eigenvalue weighted by Gasteiger charge is -2.36. The average molecular weight is 420 g/mol. The van der Waals surface area contributed by atoms with E-state index in [4.69, 9.17) is 33.7 Å². The molecule has 1 fully saturated rings. The second kappa shape index (κ2) is 11.2. The van der Waals surface area contributed by atoms with E-state index in [1.54, 1.807) is 19.4 Å². The van der Waals surface area contributed by atoms with E-state index in [0.29, 0.717) is 55.0 Å². The van der Waals surface area contributed by atoms with Crippen LogP contribution in [0.4, 0.5) is 5.82 Å². The first kappa shape index (κ1) is 23.5. The molecule has 1 aliphatic rings. The normalized spacial score (nSPS) is 15.3. The number of anilines is 1. The fraction of sp³-hybridized carbons (Fsp3) is 0.571. The van der Waals surface area contributed by atoms with Crippen molar-refractivity contribution in [2.45, 2.75) is 12.5 Å². The van der Waals surface area contributed by atoms with Gasteiger partial charge in [0.15, 0.2) is 0 Å². The fourth-order valence-electron chi connectivity index (χ4n) is 2.39. The van der Waals surface area contributed by atoms with Gasteiger partial charge in [0, 0.05) is 46.0 Å². The van der Waals surface area contributed by atoms with E-state index in [0.717, 1.165) is 0 Å². The van der Waals surface area contributed by atoms with Gasteiger partial charge in [-0.2, -0.15) is 0 Å². The predicted octanol–water partition coefficient (Wildman–Crippen LogP) is 2.24. The van der Waals surface area contributed by atoms with E-state index in [9.17, 15) is 4.79 Å². The van der Waals surface area contributed by atoms with Crippen molar-refractivity contribution < 1.29 is 9.53 Å². The number of nitrogens with two attached hydrogens (primary N) is 1. The maximum Gasteiger partial charge on any atom is 0.225 e. The number of pyridine rings is 1. The highest BCUT2D eigenvalue weighted by Crippen LogP contribution is 2.26. The van der Waals surface area contributed by atoms with Gasteiger partial charge in [-0.05, 0) is 6.07 Å². The van der Waals surface area contributed by atoms with Gasteiger partial charge in [0.1, 0.15) is 5.82 Å². The third-order valence-corrected chi connectivity index (χ3v) is 4.20. The highest BCUT2D eigenvalue weighted by atomic mass is 35.5. The van der Waals surface area contributed by atoms with Crippen LogP contribution in [0.3, 0.4) is 0 Å². The zero-order valence-corrected chi connectivity index (χ0v) is 16.4. The Balaban J connectivity index is 0.00000264. The molecule has 10 heteroatoms. The highest BCUT2D eigenvalue weighted by molar-refractivity contribution is 6.36. The van der Waals surface area contributed by atoms with Crippen LogP contribution < -0.4 is 10.6 Å². The third-order valence-electron chi connectivity index (χ3n) is 3.72. The van der Waals surface area contributed by atoms with Crippen molar-refractivity contribution in [1.82, 2.24) is 9.88 Å². The minimum Gasteiger partial charge on any atom is -0.380 e. The number of methoxy groups -OCH3 is 1. The lowest BCUT2D eigenvalue weighted by Crippen LogP contribution is -2.50. The summed E-state index contributed by atoms with van der Waals surface area (Å²) in [6.07, 6.45) is 1.66. The van der Waals surface area contributed by atoms with Crippen LogP contribution in [0.25, 0.3) is 0 Å². The lowest BCUT2D eigenvalue weighted by molar-refractivity contribution is -0.133. The summed E-state index contributed by atoms with van der Waals surface area (Å²) < 4.78 is 5.16. The molecule has 0 saturated carbocycles. The molecule has 1 aromatic heterocycles. The average Bonchev–Trinajstić information content (AvgIpc) is 2.52. The SMILES string of the molecule is COC(CN)CC(=O)N1CCN(c2ncc(Cl)cc2Cl)CC1.Cl.Cl. The molecule has 1 amide bonds. The lowest BCUT2D eigenvalue weighted by atomic mass is 10.2. The topological polar surface area (TPSA) is 71.7 Å². The quantitative estimate of drug-likeness (QED) is 0.792. The molecule has 2 N–H and O–H groups in total. The van der Waals surface area contributed by atoms with Crippen molar-refractivity contribution in [3.05, 3.63) is 22.3 Å². The molecule has 138 valence electrons. The molecule has 2 rings (SSSR count). The molecule has 1 unspecified atom stereocenters. The van der Waals surface area contributed by atoms with E-state index in [-0.39, 0.29) is 36.8 Å². The summed E-state index contributed by atoms with van der Waals surface area (Å²) in [5.41, 5.74) is 5.55. The van der Waals surface area contributed by atoms with Crippen LogP contribution in [0.5, 0.6) is 0 Å². The number of nitrogens with zero attached hydrogens (tertiary/aromatic N) is 3. The van der Waals surface area contributed by atoms with E-state index >= 15 is 0 Å². The largest absolute Gasteiger partial charge is 0.380 e. The fourth-order valence-corrected chi connectivity index (χ4v) is 2.89. The monoisotopic (exact) mass is 418 g/mol. The number of amides is 1. The number of carbonyl (C=O) groups is 1. The van der Waals surface area contributed by atoms with Crippen LogP contribution in [0.15, 0.2) is 12.3 Å². The van der Waals surface area contributed by atoms with E-state index in [1.165, 1.54) is 0 Å². The Labute approximate surface area is 164 Å². The molecule has 1 aromatic rings. The summed E-state index contributed by atoms with van der Waals surface area (Å²) in [4.78, 5) is 20.3. The Hall–Kier alpha value is -0.500. The number of hydrogen-bond donors (Lipinski definition) is 1. The van der Waals surface area contributed by atoms with Crippen LogP contribution >= 0.6 is 48.0 Å². The van der Waals surface area contributed by atoms with Crippen molar-refractivity contribution >= 4 is 59.7 Å². The van der Waals surface area contributed by atoms with Crippen molar-refractivity contribution in [3.8, 4) is 0 Å². The number of carbonyl (C=O) groups excluding carboxylic acids is 1. The predicted molar refractivity (Wildman–Crippen MR) is 102 cm³/mol. The Bertz CT molecular complexity index is 523. The number of hydrogen-bond acceptors (Lipinski definition) is 5. The number of aromatic nitrogens is 1. The zero-order valence-electron chi connectivity index (χ0n) is 13.3. The first-order chi connectivity index (χ1) is 10.5. The summed E-state index contributed by atoms with van der Waals surface area (Å²) in [6, 6.07) is 1.67. The molecular weight excluding hydrogens is 398 g/mol. The molecule has 0 bridgehead atoms. The molecule has 0 spiro atoms.